The summed E-state index contributed by atoms with van der Waals surface area (Å²) in [5, 5.41) is 11.0. The number of aliphatic carboxylic acids is 1. The quantitative estimate of drug-likeness (QED) is 0.775. The van der Waals surface area contributed by atoms with Crippen LogP contribution in [0.15, 0.2) is 18.3 Å². The van der Waals surface area contributed by atoms with Crippen LogP contribution in [0, 0.1) is 0 Å². The van der Waals surface area contributed by atoms with E-state index in [9.17, 15) is 9.59 Å². The molecule has 0 fully saturated rings. The van der Waals surface area contributed by atoms with Crippen molar-refractivity contribution in [3.8, 4) is 0 Å². The average Bonchev–Trinajstić information content (AvgIpc) is 2.16. The molecule has 0 unspecified atom stereocenters. The van der Waals surface area contributed by atoms with Crippen molar-refractivity contribution in [3.05, 3.63) is 24.0 Å². The third-order valence-corrected chi connectivity index (χ3v) is 1.74. The number of amides is 1. The van der Waals surface area contributed by atoms with Crippen molar-refractivity contribution in [2.75, 3.05) is 5.32 Å². The van der Waals surface area contributed by atoms with Gasteiger partial charge >= 0.3 is 5.97 Å². The van der Waals surface area contributed by atoms with E-state index in [4.69, 9.17) is 5.11 Å². The van der Waals surface area contributed by atoms with Crippen LogP contribution >= 0.6 is 0 Å². The molecule has 0 saturated heterocycles. The van der Waals surface area contributed by atoms with Gasteiger partial charge in [-0.1, -0.05) is 0 Å². The Morgan fingerprint density at radius 2 is 2.20 bits per heavy atom. The molecule has 0 aliphatic heterocycles. The minimum atomic E-state index is -0.845. The van der Waals surface area contributed by atoms with Gasteiger partial charge in [0.1, 0.15) is 0 Å². The zero-order valence-corrected chi connectivity index (χ0v) is 8.36. The van der Waals surface area contributed by atoms with Crippen LogP contribution < -0.4 is 5.32 Å². The molecule has 1 aromatic rings. The van der Waals surface area contributed by atoms with Gasteiger partial charge in [0.25, 0.3) is 0 Å². The molecule has 1 amide bonds. The van der Waals surface area contributed by atoms with Crippen molar-refractivity contribution in [2.24, 2.45) is 0 Å². The number of pyridine rings is 1. The lowest BCUT2D eigenvalue weighted by Crippen LogP contribution is -2.06. The van der Waals surface area contributed by atoms with E-state index in [0.717, 1.165) is 0 Å². The number of hydrogen-bond donors (Lipinski definition) is 2. The lowest BCUT2D eigenvalue weighted by Gasteiger charge is -2.02. The summed E-state index contributed by atoms with van der Waals surface area (Å²) in [7, 11) is 0. The summed E-state index contributed by atoms with van der Waals surface area (Å²) in [5.74, 6) is -1.00. The molecular formula is C10H12N2O3. The molecule has 15 heavy (non-hydrogen) atoms. The molecule has 0 aromatic carbocycles. The zero-order valence-electron chi connectivity index (χ0n) is 8.36. The molecule has 1 heterocycles. The van der Waals surface area contributed by atoms with Gasteiger partial charge in [-0.25, -0.2) is 0 Å². The molecule has 0 aliphatic rings. The molecule has 0 radical (unpaired) electrons. The van der Waals surface area contributed by atoms with Crippen molar-refractivity contribution in [2.45, 2.75) is 19.8 Å². The minimum absolute atomic E-state index is 0.0620. The van der Waals surface area contributed by atoms with Gasteiger partial charge in [-0.2, -0.15) is 0 Å². The smallest absolute Gasteiger partial charge is 0.303 e. The maximum absolute atomic E-state index is 10.7. The van der Waals surface area contributed by atoms with Gasteiger partial charge in [0.15, 0.2) is 0 Å². The molecule has 0 atom stereocenters. The molecule has 0 bridgehead atoms. The van der Waals surface area contributed by atoms with Crippen molar-refractivity contribution in [3.63, 3.8) is 0 Å². The fraction of sp³-hybridized carbons (Fsp3) is 0.300. The Kier molecular flexibility index (Phi) is 3.79. The fourth-order valence-corrected chi connectivity index (χ4v) is 1.08. The number of carboxylic acids is 1. The lowest BCUT2D eigenvalue weighted by molar-refractivity contribution is -0.137. The Labute approximate surface area is 87.1 Å². The number of nitrogens with one attached hydrogen (secondary N) is 1. The molecule has 5 heteroatoms. The molecule has 5 nitrogen and oxygen atoms in total. The second-order valence-corrected chi connectivity index (χ2v) is 3.11. The summed E-state index contributed by atoms with van der Waals surface area (Å²) in [4.78, 5) is 25.0. The molecule has 80 valence electrons. The van der Waals surface area contributed by atoms with Crippen LogP contribution in [-0.4, -0.2) is 22.0 Å². The number of aromatic nitrogens is 1. The van der Waals surface area contributed by atoms with Gasteiger partial charge in [0, 0.05) is 19.0 Å². The van der Waals surface area contributed by atoms with Gasteiger partial charge in [-0.05, 0) is 12.1 Å². The fourth-order valence-electron chi connectivity index (χ4n) is 1.08. The highest BCUT2D eigenvalue weighted by Gasteiger charge is 2.01. The number of anilines is 1. The summed E-state index contributed by atoms with van der Waals surface area (Å²) >= 11 is 0. The van der Waals surface area contributed by atoms with Crippen LogP contribution in [0.4, 0.5) is 5.69 Å². The predicted octanol–water partition coefficient (Wildman–Crippen LogP) is 1.06. The number of carbonyl (C=O) groups is 2. The third kappa shape index (κ3) is 4.21. The number of hydrogen-bond acceptors (Lipinski definition) is 3. The maximum atomic E-state index is 10.7. The Bertz CT molecular complexity index is 359. The van der Waals surface area contributed by atoms with Gasteiger partial charge in [0.2, 0.25) is 5.91 Å². The normalized spacial score (nSPS) is 9.67. The molecule has 0 saturated carbocycles. The first-order valence-corrected chi connectivity index (χ1v) is 4.52. The van der Waals surface area contributed by atoms with E-state index in [-0.39, 0.29) is 12.3 Å². The van der Waals surface area contributed by atoms with Crippen molar-refractivity contribution in [1.82, 2.24) is 4.98 Å². The van der Waals surface area contributed by atoms with E-state index >= 15 is 0 Å². The summed E-state index contributed by atoms with van der Waals surface area (Å²) < 4.78 is 0. The summed E-state index contributed by atoms with van der Waals surface area (Å²) in [6.07, 6.45) is 1.97. The standard InChI is InChI=1S/C10H12N2O3/c1-7(13)12-9-3-2-8(11-6-9)4-5-10(14)15/h2-3,6H,4-5H2,1H3,(H,12,13)(H,14,15). The van der Waals surface area contributed by atoms with Gasteiger partial charge < -0.3 is 10.4 Å². The topological polar surface area (TPSA) is 79.3 Å². The van der Waals surface area contributed by atoms with Crippen molar-refractivity contribution in [1.29, 1.82) is 0 Å². The summed E-state index contributed by atoms with van der Waals surface area (Å²) in [6, 6.07) is 3.40. The Balaban J connectivity index is 2.56. The number of carboxylic acid groups (broad SMARTS) is 1. The average molecular weight is 208 g/mol. The van der Waals surface area contributed by atoms with Crippen LogP contribution in [0.2, 0.25) is 0 Å². The summed E-state index contributed by atoms with van der Waals surface area (Å²) in [5.41, 5.74) is 1.31. The highest BCUT2D eigenvalue weighted by Crippen LogP contribution is 2.07. The van der Waals surface area contributed by atoms with E-state index in [0.29, 0.717) is 17.8 Å². The number of rotatable bonds is 4. The van der Waals surface area contributed by atoms with Crippen LogP contribution in [-0.2, 0) is 16.0 Å². The highest BCUT2D eigenvalue weighted by molar-refractivity contribution is 5.88. The van der Waals surface area contributed by atoms with Gasteiger partial charge in [-0.3, -0.25) is 14.6 Å². The van der Waals surface area contributed by atoms with Crippen LogP contribution in [0.25, 0.3) is 0 Å². The predicted molar refractivity (Wildman–Crippen MR) is 54.5 cm³/mol. The highest BCUT2D eigenvalue weighted by atomic mass is 16.4. The maximum Gasteiger partial charge on any atom is 0.303 e. The molecule has 1 aromatic heterocycles. The minimum Gasteiger partial charge on any atom is -0.481 e. The second-order valence-electron chi connectivity index (χ2n) is 3.11. The SMILES string of the molecule is CC(=O)Nc1ccc(CCC(=O)O)nc1. The summed E-state index contributed by atoms with van der Waals surface area (Å²) in [6.45, 7) is 1.42. The monoisotopic (exact) mass is 208 g/mol. The first kappa shape index (κ1) is 11.2. The molecular weight excluding hydrogens is 196 g/mol. The van der Waals surface area contributed by atoms with Crippen molar-refractivity contribution >= 4 is 17.6 Å². The van der Waals surface area contributed by atoms with E-state index in [1.807, 2.05) is 0 Å². The number of nitrogens with zero attached hydrogens (tertiary/aromatic N) is 1. The number of carbonyl (C=O) groups excluding carboxylic acids is 1. The largest absolute Gasteiger partial charge is 0.481 e. The van der Waals surface area contributed by atoms with E-state index in [1.54, 1.807) is 12.1 Å². The molecule has 2 N–H and O–H groups in total. The van der Waals surface area contributed by atoms with E-state index in [2.05, 4.69) is 10.3 Å². The Morgan fingerprint density at radius 3 is 2.67 bits per heavy atom. The van der Waals surface area contributed by atoms with E-state index in [1.165, 1.54) is 13.1 Å². The Morgan fingerprint density at radius 1 is 1.47 bits per heavy atom. The van der Waals surface area contributed by atoms with Crippen molar-refractivity contribution < 1.29 is 14.7 Å². The van der Waals surface area contributed by atoms with Crippen LogP contribution in [0.3, 0.4) is 0 Å². The van der Waals surface area contributed by atoms with Crippen LogP contribution in [0.5, 0.6) is 0 Å². The van der Waals surface area contributed by atoms with E-state index < -0.39 is 5.97 Å². The first-order chi connectivity index (χ1) is 7.08. The molecule has 1 rings (SSSR count). The Hall–Kier alpha value is -1.91. The van der Waals surface area contributed by atoms with Gasteiger partial charge in [0.05, 0.1) is 18.3 Å². The van der Waals surface area contributed by atoms with Gasteiger partial charge in [-0.15, -0.1) is 0 Å². The first-order valence-electron chi connectivity index (χ1n) is 4.52. The second kappa shape index (κ2) is 5.09. The molecule has 0 spiro atoms. The molecule has 0 aliphatic carbocycles. The number of aryl methyl sites for hydroxylation is 1. The zero-order chi connectivity index (χ0) is 11.3. The third-order valence-electron chi connectivity index (χ3n) is 1.74. The van der Waals surface area contributed by atoms with Crippen LogP contribution in [0.1, 0.15) is 19.0 Å². The lowest BCUT2D eigenvalue weighted by atomic mass is 10.2.